The maximum absolute atomic E-state index is 13.1. The lowest BCUT2D eigenvalue weighted by Gasteiger charge is -2.44. The number of amides is 2. The Morgan fingerprint density at radius 3 is 2.04 bits per heavy atom. The van der Waals surface area contributed by atoms with E-state index in [4.69, 9.17) is 9.47 Å². The Hall–Kier alpha value is -5.72. The van der Waals surface area contributed by atoms with Crippen LogP contribution < -0.4 is 4.90 Å². The number of imide groups is 1. The second kappa shape index (κ2) is 15.6. The third-order valence-corrected chi connectivity index (χ3v) is 11.0. The number of carbonyl (C=O) groups excluding carboxylic acids is 2. The lowest BCUT2D eigenvalue weighted by atomic mass is 9.89. The van der Waals surface area contributed by atoms with Crippen molar-refractivity contribution in [2.75, 3.05) is 37.6 Å². The molecule has 0 spiro atoms. The van der Waals surface area contributed by atoms with Crippen LogP contribution in [-0.2, 0) is 22.6 Å². The maximum atomic E-state index is 13.1. The second-order valence-electron chi connectivity index (χ2n) is 14.5. The lowest BCUT2D eigenvalue weighted by molar-refractivity contribution is -0.384. The summed E-state index contributed by atoms with van der Waals surface area (Å²) in [6.07, 6.45) is -1.06. The molecule has 5 aromatic rings. The number of nitrogens with zero attached hydrogens (tertiary/aromatic N) is 4. The van der Waals surface area contributed by atoms with Gasteiger partial charge in [-0.15, -0.1) is 0 Å². The van der Waals surface area contributed by atoms with Crippen molar-refractivity contribution >= 4 is 23.2 Å². The van der Waals surface area contributed by atoms with Crippen LogP contribution in [0.5, 0.6) is 0 Å². The summed E-state index contributed by atoms with van der Waals surface area (Å²) in [5.41, 5.74) is 7.39. The number of hydrogen-bond donors (Lipinski definition) is 1. The van der Waals surface area contributed by atoms with Gasteiger partial charge in [-0.1, -0.05) is 79.7 Å². The van der Waals surface area contributed by atoms with Gasteiger partial charge >= 0.3 is 0 Å². The molecule has 8 rings (SSSR count). The van der Waals surface area contributed by atoms with Crippen LogP contribution in [0.3, 0.4) is 0 Å². The Morgan fingerprint density at radius 2 is 1.38 bits per heavy atom. The van der Waals surface area contributed by atoms with Crippen LogP contribution in [0.2, 0.25) is 0 Å². The van der Waals surface area contributed by atoms with E-state index in [1.807, 2.05) is 78.9 Å². The number of nitro groups is 1. The molecule has 3 aliphatic heterocycles. The molecule has 0 aliphatic carbocycles. The highest BCUT2D eigenvalue weighted by Crippen LogP contribution is 2.42. The van der Waals surface area contributed by atoms with Crippen LogP contribution in [0.15, 0.2) is 121 Å². The molecule has 0 bridgehead atoms. The molecule has 4 unspecified atom stereocenters. The van der Waals surface area contributed by atoms with Crippen molar-refractivity contribution in [1.29, 1.82) is 0 Å². The van der Waals surface area contributed by atoms with Gasteiger partial charge in [0.25, 0.3) is 17.5 Å². The molecule has 1 N–H and O–H groups in total. The fourth-order valence-corrected chi connectivity index (χ4v) is 7.84. The largest absolute Gasteiger partial charge is 0.392 e. The molecule has 0 aromatic heterocycles. The first kappa shape index (κ1) is 36.3. The molecule has 3 aliphatic rings. The zero-order valence-electron chi connectivity index (χ0n) is 30.5. The summed E-state index contributed by atoms with van der Waals surface area (Å²) in [5, 5.41) is 20.8. The maximum Gasteiger partial charge on any atom is 0.269 e. The van der Waals surface area contributed by atoms with Crippen LogP contribution >= 0.6 is 0 Å². The molecule has 11 nitrogen and oxygen atoms in total. The normalized spacial score (nSPS) is 21.5. The summed E-state index contributed by atoms with van der Waals surface area (Å²) in [4.78, 5) is 42.9. The molecule has 5 aromatic carbocycles. The van der Waals surface area contributed by atoms with Gasteiger partial charge in [-0.25, -0.2) is 0 Å². The fraction of sp³-hybridized carbons (Fsp3) is 0.273. The number of nitro benzene ring substituents is 1. The molecule has 55 heavy (non-hydrogen) atoms. The zero-order valence-corrected chi connectivity index (χ0v) is 30.5. The smallest absolute Gasteiger partial charge is 0.269 e. The van der Waals surface area contributed by atoms with E-state index in [-0.39, 0.29) is 53.7 Å². The Balaban J connectivity index is 1.00. The van der Waals surface area contributed by atoms with E-state index in [0.717, 1.165) is 65.2 Å². The molecule has 0 saturated carbocycles. The van der Waals surface area contributed by atoms with Crippen LogP contribution in [0.25, 0.3) is 11.1 Å². The number of rotatable bonds is 10. The third kappa shape index (κ3) is 7.52. The monoisotopic (exact) mass is 738 g/mol. The number of hydrogen-bond acceptors (Lipinski definition) is 9. The molecule has 2 fully saturated rings. The average Bonchev–Trinajstić information content (AvgIpc) is 3.46. The molecule has 3 heterocycles. The van der Waals surface area contributed by atoms with E-state index in [1.165, 1.54) is 4.90 Å². The SMILES string of the molecule is CC1C(CN2CCN(c3ccc([N+](=O)[O-])cc3)CC2)OC(c2cccc(-c3cccc(CN4C(=O)c5ccccc5C4=O)c3)c2)OC1c1ccc(CO)cc1. The van der Waals surface area contributed by atoms with E-state index in [0.29, 0.717) is 17.7 Å². The number of aliphatic hydroxyl groups is 1. The van der Waals surface area contributed by atoms with E-state index in [1.54, 1.807) is 36.4 Å². The average molecular weight is 739 g/mol. The number of piperazine rings is 1. The molecular formula is C44H42N4O7. The topological polar surface area (TPSA) is 126 Å². The highest BCUT2D eigenvalue weighted by Gasteiger charge is 2.40. The number of non-ortho nitro benzene ring substituents is 1. The minimum atomic E-state index is -0.647. The Labute approximate surface area is 319 Å². The van der Waals surface area contributed by atoms with Crippen LogP contribution in [0.4, 0.5) is 11.4 Å². The van der Waals surface area contributed by atoms with E-state index < -0.39 is 6.29 Å². The van der Waals surface area contributed by atoms with E-state index >= 15 is 0 Å². The molecule has 11 heteroatoms. The molecule has 2 saturated heterocycles. The van der Waals surface area contributed by atoms with Crippen molar-refractivity contribution < 1.29 is 29.1 Å². The van der Waals surface area contributed by atoms with Crippen molar-refractivity contribution in [3.8, 4) is 11.1 Å². The zero-order chi connectivity index (χ0) is 38.1. The molecular weight excluding hydrogens is 697 g/mol. The summed E-state index contributed by atoms with van der Waals surface area (Å²) < 4.78 is 13.6. The molecule has 0 radical (unpaired) electrons. The summed E-state index contributed by atoms with van der Waals surface area (Å²) in [6.45, 7) is 6.23. The molecule has 280 valence electrons. The third-order valence-electron chi connectivity index (χ3n) is 11.0. The van der Waals surface area contributed by atoms with Crippen molar-refractivity contribution in [1.82, 2.24) is 9.80 Å². The van der Waals surface area contributed by atoms with Crippen molar-refractivity contribution in [3.63, 3.8) is 0 Å². The Kier molecular flexibility index (Phi) is 10.3. The van der Waals surface area contributed by atoms with Gasteiger partial charge in [-0.2, -0.15) is 0 Å². The van der Waals surface area contributed by atoms with Gasteiger partial charge < -0.3 is 19.5 Å². The fourth-order valence-electron chi connectivity index (χ4n) is 7.84. The predicted molar refractivity (Wildman–Crippen MR) is 207 cm³/mol. The summed E-state index contributed by atoms with van der Waals surface area (Å²) >= 11 is 0. The van der Waals surface area contributed by atoms with Crippen LogP contribution in [-0.4, -0.2) is 70.5 Å². The number of fused-ring (bicyclic) bond motifs is 1. The first-order valence-corrected chi connectivity index (χ1v) is 18.6. The standard InChI is InChI=1S/C44H42N4O7/c1-29-40(27-45-20-22-46(23-21-45)36-16-18-37(19-17-36)48(52)53)54-44(55-41(29)32-14-12-30(28-49)13-15-32)35-9-5-8-34(25-35)33-7-4-6-31(24-33)26-47-42(50)38-10-2-3-11-39(38)43(47)51/h2-19,24-25,29,40-41,44,49H,20-23,26-28H2,1H3. The summed E-state index contributed by atoms with van der Waals surface area (Å²) in [6, 6.07) is 37.5. The molecule has 2 amide bonds. The Morgan fingerprint density at radius 1 is 0.727 bits per heavy atom. The first-order chi connectivity index (χ1) is 26.7. The van der Waals surface area contributed by atoms with Crippen molar-refractivity contribution in [2.45, 2.75) is 38.6 Å². The number of benzene rings is 5. The van der Waals surface area contributed by atoms with Crippen molar-refractivity contribution in [3.05, 3.63) is 165 Å². The summed E-state index contributed by atoms with van der Waals surface area (Å²) in [7, 11) is 0. The van der Waals surface area contributed by atoms with Gasteiger partial charge in [0.05, 0.1) is 41.4 Å². The molecule has 4 atom stereocenters. The van der Waals surface area contributed by atoms with Gasteiger partial charge in [0, 0.05) is 62.0 Å². The lowest BCUT2D eigenvalue weighted by Crippen LogP contribution is -2.51. The highest BCUT2D eigenvalue weighted by molar-refractivity contribution is 6.21. The van der Waals surface area contributed by atoms with Gasteiger partial charge in [-0.05, 0) is 64.2 Å². The summed E-state index contributed by atoms with van der Waals surface area (Å²) in [5.74, 6) is -0.545. The quantitative estimate of drug-likeness (QED) is 0.0903. The van der Waals surface area contributed by atoms with Gasteiger partial charge in [0.15, 0.2) is 6.29 Å². The number of carbonyl (C=O) groups is 2. The van der Waals surface area contributed by atoms with Gasteiger partial charge in [0.2, 0.25) is 0 Å². The first-order valence-electron chi connectivity index (χ1n) is 18.6. The van der Waals surface area contributed by atoms with E-state index in [9.17, 15) is 24.8 Å². The van der Waals surface area contributed by atoms with Crippen molar-refractivity contribution in [2.24, 2.45) is 5.92 Å². The van der Waals surface area contributed by atoms with Crippen LogP contribution in [0, 0.1) is 16.0 Å². The minimum absolute atomic E-state index is 0.0194. The van der Waals surface area contributed by atoms with Crippen LogP contribution in [0.1, 0.15) is 62.3 Å². The van der Waals surface area contributed by atoms with Gasteiger partial charge in [-0.3, -0.25) is 29.5 Å². The number of anilines is 1. The predicted octanol–water partition coefficient (Wildman–Crippen LogP) is 7.16. The Bertz CT molecular complexity index is 2170. The number of aliphatic hydroxyl groups excluding tert-OH is 1. The van der Waals surface area contributed by atoms with Gasteiger partial charge in [0.1, 0.15) is 0 Å². The minimum Gasteiger partial charge on any atom is -0.392 e. The number of ether oxygens (including phenoxy) is 2. The van der Waals surface area contributed by atoms with E-state index in [2.05, 4.69) is 22.8 Å². The second-order valence-corrected chi connectivity index (χ2v) is 14.5. The highest BCUT2D eigenvalue weighted by atomic mass is 16.7.